The number of carbonyl (C=O) groups is 2. The van der Waals surface area contributed by atoms with Crippen molar-refractivity contribution in [2.24, 2.45) is 5.41 Å². The molecule has 0 spiro atoms. The number of nitrogens with one attached hydrogen (secondary N) is 1. The molecule has 1 fully saturated rings. The molecule has 2 aromatic rings. The average Bonchev–Trinajstić information content (AvgIpc) is 3.06. The lowest BCUT2D eigenvalue weighted by Gasteiger charge is -2.28. The lowest BCUT2D eigenvalue weighted by molar-refractivity contribution is -0.159. The molecule has 0 atom stereocenters. The van der Waals surface area contributed by atoms with Crippen LogP contribution in [0.2, 0.25) is 0 Å². The van der Waals surface area contributed by atoms with Crippen LogP contribution in [0.5, 0.6) is 0 Å². The van der Waals surface area contributed by atoms with Gasteiger partial charge >= 0.3 is 11.6 Å². The molecule has 6 heteroatoms. The highest BCUT2D eigenvalue weighted by Gasteiger charge is 2.44. The number of amides is 1. The van der Waals surface area contributed by atoms with Crippen molar-refractivity contribution in [2.45, 2.75) is 71.9 Å². The number of carbonyl (C=O) groups excluding carboxylic acids is 2. The third-order valence-corrected chi connectivity index (χ3v) is 5.35. The zero-order valence-corrected chi connectivity index (χ0v) is 17.6. The molecule has 6 nitrogen and oxygen atoms in total. The fraction of sp³-hybridized carbons (Fsp3) is 0.522. The van der Waals surface area contributed by atoms with E-state index in [4.69, 9.17) is 9.15 Å². The largest absolute Gasteiger partial charge is 0.460 e. The topological polar surface area (TPSA) is 85.6 Å². The fourth-order valence-electron chi connectivity index (χ4n) is 4.03. The number of ether oxygens (including phenoxy) is 1. The highest BCUT2D eigenvalue weighted by atomic mass is 16.5. The summed E-state index contributed by atoms with van der Waals surface area (Å²) < 4.78 is 10.9. The number of rotatable bonds is 5. The smallest absolute Gasteiger partial charge is 0.336 e. The quantitative estimate of drug-likeness (QED) is 0.606. The first kappa shape index (κ1) is 21.1. The van der Waals surface area contributed by atoms with Crippen molar-refractivity contribution in [3.8, 4) is 0 Å². The van der Waals surface area contributed by atoms with Gasteiger partial charge in [-0.1, -0.05) is 25.0 Å². The minimum Gasteiger partial charge on any atom is -0.460 e. The highest BCUT2D eigenvalue weighted by Crippen LogP contribution is 2.42. The lowest BCUT2D eigenvalue weighted by Crippen LogP contribution is -2.44. The zero-order valence-electron chi connectivity index (χ0n) is 17.6. The first-order chi connectivity index (χ1) is 13.6. The molecule has 3 rings (SSSR count). The predicted molar refractivity (Wildman–Crippen MR) is 110 cm³/mol. The first-order valence-corrected chi connectivity index (χ1v) is 10.1. The third-order valence-electron chi connectivity index (χ3n) is 5.35. The van der Waals surface area contributed by atoms with Crippen LogP contribution in [0.4, 0.5) is 0 Å². The molecule has 1 heterocycles. The Morgan fingerprint density at radius 2 is 1.86 bits per heavy atom. The van der Waals surface area contributed by atoms with Gasteiger partial charge in [-0.3, -0.25) is 9.59 Å². The van der Waals surface area contributed by atoms with E-state index >= 15 is 0 Å². The van der Waals surface area contributed by atoms with E-state index in [-0.39, 0.29) is 30.4 Å². The van der Waals surface area contributed by atoms with E-state index in [9.17, 15) is 14.4 Å². The summed E-state index contributed by atoms with van der Waals surface area (Å²) in [5, 5.41) is 3.68. The number of fused-ring (bicyclic) bond motifs is 1. The van der Waals surface area contributed by atoms with E-state index in [0.29, 0.717) is 24.0 Å². The molecule has 1 aliphatic carbocycles. The Balaban J connectivity index is 1.77. The maximum absolute atomic E-state index is 13.0. The molecule has 0 aliphatic heterocycles. The number of aryl methyl sites for hydroxylation is 1. The Morgan fingerprint density at radius 3 is 2.52 bits per heavy atom. The van der Waals surface area contributed by atoms with Gasteiger partial charge in [0.1, 0.15) is 12.2 Å². The number of hydrogen-bond donors (Lipinski definition) is 1. The predicted octanol–water partition coefficient (Wildman–Crippen LogP) is 4.01. The van der Waals surface area contributed by atoms with Gasteiger partial charge in [-0.2, -0.15) is 0 Å². The van der Waals surface area contributed by atoms with Gasteiger partial charge in [0.05, 0.1) is 5.41 Å². The van der Waals surface area contributed by atoms with Crippen molar-refractivity contribution in [3.05, 3.63) is 45.8 Å². The van der Waals surface area contributed by atoms with Crippen LogP contribution in [0.1, 0.15) is 64.0 Å². The summed E-state index contributed by atoms with van der Waals surface area (Å²) in [5.41, 5.74) is 0.441. The summed E-state index contributed by atoms with van der Waals surface area (Å²) in [5.74, 6) is -0.509. The van der Waals surface area contributed by atoms with Crippen molar-refractivity contribution < 1.29 is 18.7 Å². The van der Waals surface area contributed by atoms with Crippen LogP contribution in [0.15, 0.2) is 33.5 Å². The monoisotopic (exact) mass is 399 g/mol. The van der Waals surface area contributed by atoms with Gasteiger partial charge in [0, 0.05) is 29.0 Å². The van der Waals surface area contributed by atoms with Gasteiger partial charge in [0.25, 0.3) is 0 Å². The molecule has 1 amide bonds. The first-order valence-electron chi connectivity index (χ1n) is 10.1. The highest BCUT2D eigenvalue weighted by molar-refractivity contribution is 5.87. The molecular weight excluding hydrogens is 370 g/mol. The zero-order chi connectivity index (χ0) is 21.2. The minimum absolute atomic E-state index is 0.0212. The summed E-state index contributed by atoms with van der Waals surface area (Å²) in [4.78, 5) is 37.4. The van der Waals surface area contributed by atoms with Crippen molar-refractivity contribution in [1.29, 1.82) is 0 Å². The van der Waals surface area contributed by atoms with Gasteiger partial charge in [-0.05, 0) is 52.2 Å². The summed E-state index contributed by atoms with van der Waals surface area (Å²) >= 11 is 0. The summed E-state index contributed by atoms with van der Waals surface area (Å²) in [6, 6.07) is 6.93. The fourth-order valence-corrected chi connectivity index (χ4v) is 4.03. The molecule has 29 heavy (non-hydrogen) atoms. The Morgan fingerprint density at radius 1 is 1.17 bits per heavy atom. The average molecular weight is 399 g/mol. The second-order valence-electron chi connectivity index (χ2n) is 9.13. The molecule has 0 bridgehead atoms. The second kappa shape index (κ2) is 8.01. The lowest BCUT2D eigenvalue weighted by atomic mass is 9.82. The summed E-state index contributed by atoms with van der Waals surface area (Å²) in [6.45, 7) is 7.64. The van der Waals surface area contributed by atoms with E-state index < -0.39 is 11.0 Å². The Hall–Kier alpha value is -2.63. The van der Waals surface area contributed by atoms with Gasteiger partial charge in [-0.25, -0.2) is 4.79 Å². The van der Waals surface area contributed by atoms with Gasteiger partial charge in [0.15, 0.2) is 0 Å². The van der Waals surface area contributed by atoms with Crippen LogP contribution in [0.3, 0.4) is 0 Å². The van der Waals surface area contributed by atoms with Gasteiger partial charge < -0.3 is 14.5 Å². The molecule has 1 aromatic heterocycles. The molecule has 1 aromatic carbocycles. The van der Waals surface area contributed by atoms with Gasteiger partial charge in [0.2, 0.25) is 5.91 Å². The second-order valence-corrected chi connectivity index (χ2v) is 9.13. The molecule has 0 radical (unpaired) electrons. The van der Waals surface area contributed by atoms with Crippen LogP contribution in [0, 0.1) is 12.3 Å². The molecule has 1 aliphatic rings. The molecule has 1 saturated carbocycles. The number of hydrogen-bond acceptors (Lipinski definition) is 5. The maximum Gasteiger partial charge on any atom is 0.336 e. The van der Waals surface area contributed by atoms with Crippen LogP contribution in [0.25, 0.3) is 11.0 Å². The maximum atomic E-state index is 13.0. The molecule has 0 saturated heterocycles. The van der Waals surface area contributed by atoms with Crippen LogP contribution in [-0.4, -0.2) is 17.4 Å². The Labute approximate surface area is 170 Å². The standard InChI is InChI=1S/C23H29NO5/c1-15-7-8-17-16(12-20(26)29-18(17)11-15)14-28-21(27)23(9-5-6-10-23)13-19(25)24-22(2,3)4/h7-8,11-12H,5-6,9-10,13-14H2,1-4H3,(H,24,25). The molecular formula is C23H29NO5. The van der Waals surface area contributed by atoms with E-state index in [1.807, 2.05) is 39.8 Å². The minimum atomic E-state index is -0.791. The normalized spacial score (nSPS) is 16.0. The molecule has 1 N–H and O–H groups in total. The van der Waals surface area contributed by atoms with Crippen molar-refractivity contribution in [1.82, 2.24) is 5.32 Å². The van der Waals surface area contributed by atoms with Crippen LogP contribution >= 0.6 is 0 Å². The van der Waals surface area contributed by atoms with E-state index in [1.165, 1.54) is 6.07 Å². The van der Waals surface area contributed by atoms with Crippen molar-refractivity contribution in [3.63, 3.8) is 0 Å². The summed E-state index contributed by atoms with van der Waals surface area (Å²) in [7, 11) is 0. The van der Waals surface area contributed by atoms with Crippen molar-refractivity contribution >= 4 is 22.8 Å². The van der Waals surface area contributed by atoms with Crippen LogP contribution in [-0.2, 0) is 20.9 Å². The van der Waals surface area contributed by atoms with E-state index in [0.717, 1.165) is 23.8 Å². The Bertz CT molecular complexity index is 977. The third kappa shape index (κ3) is 5.05. The number of benzene rings is 1. The Kier molecular flexibility index (Phi) is 5.82. The van der Waals surface area contributed by atoms with E-state index in [2.05, 4.69) is 5.32 Å². The molecule has 156 valence electrons. The van der Waals surface area contributed by atoms with E-state index in [1.54, 1.807) is 6.07 Å². The van der Waals surface area contributed by atoms with Crippen molar-refractivity contribution in [2.75, 3.05) is 0 Å². The number of esters is 1. The summed E-state index contributed by atoms with van der Waals surface area (Å²) in [6.07, 6.45) is 3.20. The molecule has 0 unspecified atom stereocenters. The SMILES string of the molecule is Cc1ccc2c(COC(=O)C3(CC(=O)NC(C)(C)C)CCCC3)cc(=O)oc2c1. The van der Waals surface area contributed by atoms with Gasteiger partial charge in [-0.15, -0.1) is 0 Å². The van der Waals surface area contributed by atoms with Crippen LogP contribution < -0.4 is 10.9 Å².